The number of carboxylic acid groups (broad SMARTS) is 1. The Morgan fingerprint density at radius 3 is 2.45 bits per heavy atom. The quantitative estimate of drug-likeness (QED) is 0.234. The molecule has 0 saturated heterocycles. The summed E-state index contributed by atoms with van der Waals surface area (Å²) in [6.07, 6.45) is -6.48. The van der Waals surface area contributed by atoms with Crippen LogP contribution in [0.1, 0.15) is 16.7 Å². The van der Waals surface area contributed by atoms with Crippen LogP contribution in [-0.2, 0) is 27.3 Å². The minimum atomic E-state index is -4.62. The Balaban J connectivity index is 1.28. The van der Waals surface area contributed by atoms with Crippen LogP contribution in [0.4, 0.5) is 13.2 Å². The van der Waals surface area contributed by atoms with Crippen molar-refractivity contribution in [2.24, 2.45) is 5.16 Å². The van der Waals surface area contributed by atoms with Gasteiger partial charge in [0.05, 0.1) is 16.8 Å². The molecular formula is C28H23F3N2O6S. The zero-order valence-corrected chi connectivity index (χ0v) is 21.9. The smallest absolute Gasteiger partial charge is 0.411 e. The summed E-state index contributed by atoms with van der Waals surface area (Å²) in [6, 6.07) is 18.0. The van der Waals surface area contributed by atoms with Crippen molar-refractivity contribution in [2.75, 3.05) is 20.3 Å². The average molecular weight is 573 g/mol. The lowest BCUT2D eigenvalue weighted by atomic mass is 10.1. The summed E-state index contributed by atoms with van der Waals surface area (Å²) >= 11 is 1.16. The first-order valence-corrected chi connectivity index (χ1v) is 13.0. The van der Waals surface area contributed by atoms with Gasteiger partial charge in [-0.2, -0.15) is 13.2 Å². The highest BCUT2D eigenvalue weighted by atomic mass is 32.1. The highest BCUT2D eigenvalue weighted by molar-refractivity contribution is 7.17. The molecule has 8 nitrogen and oxygen atoms in total. The molecule has 0 spiro atoms. The van der Waals surface area contributed by atoms with E-state index < -0.39 is 24.9 Å². The standard InChI is InChI=1S/C28H23F3N2O6S/c1-37-32-24-19-5-3-2-4-18(19)23-20(24)10-11-21-25(23)40-27(36)33(21)12-13-38-17-8-6-16(7-9-17)14-22(26(34)35)39-15-28(29,30)31/h2-11,22H,12-15H2,1H3,(H,34,35)/b32-24-. The molecule has 3 aromatic carbocycles. The van der Waals surface area contributed by atoms with E-state index >= 15 is 0 Å². The van der Waals surface area contributed by atoms with Gasteiger partial charge in [-0.15, -0.1) is 0 Å². The maximum absolute atomic E-state index is 13.0. The number of benzene rings is 3. The molecule has 5 rings (SSSR count). The van der Waals surface area contributed by atoms with Crippen molar-refractivity contribution in [3.63, 3.8) is 0 Å². The first-order chi connectivity index (χ1) is 19.2. The minimum absolute atomic E-state index is 0.129. The molecule has 0 bridgehead atoms. The predicted octanol–water partition coefficient (Wildman–Crippen LogP) is 5.10. The van der Waals surface area contributed by atoms with Gasteiger partial charge in [0, 0.05) is 23.1 Å². The Bertz CT molecular complexity index is 1640. The average Bonchev–Trinajstić information content (AvgIpc) is 3.41. The summed E-state index contributed by atoms with van der Waals surface area (Å²) in [5, 5.41) is 13.4. The Labute approximate surface area is 229 Å². The van der Waals surface area contributed by atoms with Crippen molar-refractivity contribution in [1.29, 1.82) is 0 Å². The molecular weight excluding hydrogens is 549 g/mol. The Hall–Kier alpha value is -4.16. The Kier molecular flexibility index (Phi) is 7.63. The number of thiazole rings is 1. The number of ether oxygens (including phenoxy) is 2. The van der Waals surface area contributed by atoms with Gasteiger partial charge in [0.1, 0.15) is 31.8 Å². The van der Waals surface area contributed by atoms with E-state index in [-0.39, 0.29) is 24.4 Å². The van der Waals surface area contributed by atoms with Crippen LogP contribution in [0.3, 0.4) is 0 Å². The largest absolute Gasteiger partial charge is 0.492 e. The van der Waals surface area contributed by atoms with Gasteiger partial charge in [-0.3, -0.25) is 9.36 Å². The molecule has 1 aromatic heterocycles. The molecule has 208 valence electrons. The summed E-state index contributed by atoms with van der Waals surface area (Å²) in [5.41, 5.74) is 5.74. The van der Waals surface area contributed by atoms with Crippen molar-refractivity contribution in [2.45, 2.75) is 25.2 Å². The fourth-order valence-corrected chi connectivity index (χ4v) is 5.73. The molecule has 1 unspecified atom stereocenters. The molecule has 12 heteroatoms. The highest BCUT2D eigenvalue weighted by Gasteiger charge is 2.32. The minimum Gasteiger partial charge on any atom is -0.492 e. The summed E-state index contributed by atoms with van der Waals surface area (Å²) in [5.74, 6) is -1.01. The van der Waals surface area contributed by atoms with Crippen molar-refractivity contribution < 1.29 is 37.4 Å². The third-order valence-corrected chi connectivity index (χ3v) is 7.39. The van der Waals surface area contributed by atoms with Crippen LogP contribution in [0.5, 0.6) is 5.75 Å². The lowest BCUT2D eigenvalue weighted by Crippen LogP contribution is -2.31. The monoisotopic (exact) mass is 572 g/mol. The van der Waals surface area contributed by atoms with Crippen molar-refractivity contribution in [1.82, 2.24) is 4.57 Å². The van der Waals surface area contributed by atoms with E-state index in [1.807, 2.05) is 36.4 Å². The second-order valence-corrected chi connectivity index (χ2v) is 9.94. The number of fused-ring (bicyclic) bond motifs is 5. The maximum Gasteiger partial charge on any atom is 0.411 e. The molecule has 0 amide bonds. The number of carbonyl (C=O) groups is 1. The van der Waals surface area contributed by atoms with E-state index in [0.29, 0.717) is 11.3 Å². The third-order valence-electron chi connectivity index (χ3n) is 6.38. The van der Waals surface area contributed by atoms with E-state index in [4.69, 9.17) is 9.57 Å². The van der Waals surface area contributed by atoms with Gasteiger partial charge in [-0.05, 0) is 35.4 Å². The molecule has 1 aliphatic carbocycles. The Morgan fingerprint density at radius 1 is 1.05 bits per heavy atom. The van der Waals surface area contributed by atoms with Crippen molar-refractivity contribution in [3.8, 4) is 16.9 Å². The van der Waals surface area contributed by atoms with Crippen molar-refractivity contribution in [3.05, 3.63) is 87.0 Å². The van der Waals surface area contributed by atoms with Crippen LogP contribution >= 0.6 is 11.3 Å². The molecule has 4 aromatic rings. The number of hydrogen-bond acceptors (Lipinski definition) is 7. The van der Waals surface area contributed by atoms with Crippen LogP contribution in [-0.4, -0.2) is 54.0 Å². The summed E-state index contributed by atoms with van der Waals surface area (Å²) in [6.45, 7) is -1.17. The molecule has 40 heavy (non-hydrogen) atoms. The number of carboxylic acids is 1. The fraction of sp³-hybridized carbons (Fsp3) is 0.250. The van der Waals surface area contributed by atoms with Gasteiger partial charge in [0.2, 0.25) is 0 Å². The van der Waals surface area contributed by atoms with Gasteiger partial charge in [0.15, 0.2) is 6.10 Å². The number of hydrogen-bond donors (Lipinski definition) is 1. The highest BCUT2D eigenvalue weighted by Crippen LogP contribution is 2.42. The first kappa shape index (κ1) is 27.4. The number of oxime groups is 1. The number of alkyl halides is 3. The second kappa shape index (κ2) is 11.1. The maximum atomic E-state index is 13.0. The van der Waals surface area contributed by atoms with Crippen molar-refractivity contribution >= 4 is 33.2 Å². The van der Waals surface area contributed by atoms with Crippen LogP contribution < -0.4 is 9.61 Å². The van der Waals surface area contributed by atoms with E-state index in [0.717, 1.165) is 49.5 Å². The van der Waals surface area contributed by atoms with Gasteiger partial charge in [-0.1, -0.05) is 52.9 Å². The second-order valence-electron chi connectivity index (χ2n) is 8.97. The molecule has 1 heterocycles. The Morgan fingerprint density at radius 2 is 1.77 bits per heavy atom. The van der Waals surface area contributed by atoms with E-state index in [1.165, 1.54) is 7.11 Å². The third kappa shape index (κ3) is 5.58. The van der Waals surface area contributed by atoms with Crippen LogP contribution in [0.25, 0.3) is 21.3 Å². The normalized spacial score (nSPS) is 14.2. The van der Waals surface area contributed by atoms with Crippen LogP contribution in [0, 0.1) is 0 Å². The number of aromatic nitrogens is 1. The van der Waals surface area contributed by atoms with E-state index in [2.05, 4.69) is 9.89 Å². The molecule has 0 fully saturated rings. The van der Waals surface area contributed by atoms with E-state index in [9.17, 15) is 27.9 Å². The van der Waals surface area contributed by atoms with Crippen LogP contribution in [0.15, 0.2) is 70.6 Å². The van der Waals surface area contributed by atoms with Gasteiger partial charge in [0.25, 0.3) is 0 Å². The lowest BCUT2D eigenvalue weighted by molar-refractivity contribution is -0.192. The first-order valence-electron chi connectivity index (χ1n) is 12.2. The van der Waals surface area contributed by atoms with E-state index in [1.54, 1.807) is 28.8 Å². The molecule has 1 atom stereocenters. The summed E-state index contributed by atoms with van der Waals surface area (Å²) < 4.78 is 50.0. The summed E-state index contributed by atoms with van der Waals surface area (Å²) in [7, 11) is 1.49. The summed E-state index contributed by atoms with van der Waals surface area (Å²) in [4.78, 5) is 29.2. The topological polar surface area (TPSA) is 99.4 Å². The number of nitrogens with zero attached hydrogens (tertiary/aromatic N) is 2. The lowest BCUT2D eigenvalue weighted by Gasteiger charge is -2.15. The molecule has 1 N–H and O–H groups in total. The number of aliphatic carboxylic acids is 1. The molecule has 0 radical (unpaired) electrons. The predicted molar refractivity (Wildman–Crippen MR) is 143 cm³/mol. The molecule has 0 aliphatic heterocycles. The van der Waals surface area contributed by atoms with Gasteiger partial charge in [-0.25, -0.2) is 4.79 Å². The zero-order valence-electron chi connectivity index (χ0n) is 21.1. The zero-order chi connectivity index (χ0) is 28.4. The molecule has 0 saturated carbocycles. The SMILES string of the molecule is CO/N=C1/c2ccccc2-c2c1ccc1c2sc(=O)n1CCOc1ccc(CC(OCC(F)(F)F)C(=O)O)cc1. The number of rotatable bonds is 10. The fourth-order valence-electron chi connectivity index (χ4n) is 4.65. The molecule has 1 aliphatic rings. The number of halogens is 3. The van der Waals surface area contributed by atoms with Crippen LogP contribution in [0.2, 0.25) is 0 Å². The van der Waals surface area contributed by atoms with Gasteiger partial charge < -0.3 is 19.4 Å². The van der Waals surface area contributed by atoms with Gasteiger partial charge >= 0.3 is 17.0 Å².